The molecule has 1 aliphatic carbocycles. The summed E-state index contributed by atoms with van der Waals surface area (Å²) in [4.78, 5) is 27.0. The van der Waals surface area contributed by atoms with E-state index in [1.165, 1.54) is 27.7 Å². The summed E-state index contributed by atoms with van der Waals surface area (Å²) in [5.41, 5.74) is 2.01. The maximum Gasteiger partial charge on any atom is 0.293 e. The van der Waals surface area contributed by atoms with E-state index in [2.05, 4.69) is 46.9 Å². The minimum atomic E-state index is -0.158. The fourth-order valence-corrected chi connectivity index (χ4v) is 5.05. The van der Waals surface area contributed by atoms with Gasteiger partial charge in [0.05, 0.1) is 4.91 Å². The second-order valence-electron chi connectivity index (χ2n) is 7.78. The average Bonchev–Trinajstić information content (AvgIpc) is 3.02. The Kier molecular flexibility index (Phi) is 7.15. The van der Waals surface area contributed by atoms with E-state index in [1.54, 1.807) is 6.08 Å². The molecule has 6 heteroatoms. The first-order chi connectivity index (χ1) is 14.6. The number of hydrogen-bond donors (Lipinski definition) is 0. The van der Waals surface area contributed by atoms with Crippen molar-refractivity contribution >= 4 is 51.6 Å². The molecule has 0 aromatic heterocycles. The van der Waals surface area contributed by atoms with Crippen molar-refractivity contribution in [1.82, 2.24) is 4.90 Å². The van der Waals surface area contributed by atoms with Gasteiger partial charge in [-0.15, -0.1) is 0 Å². The van der Waals surface area contributed by atoms with E-state index >= 15 is 0 Å². The second kappa shape index (κ2) is 10.0. The Morgan fingerprint density at radius 3 is 2.40 bits per heavy atom. The lowest BCUT2D eigenvalue weighted by Gasteiger charge is -2.25. The third-order valence-corrected chi connectivity index (χ3v) is 7.16. The minimum absolute atomic E-state index is 0.144. The Balaban J connectivity index is 1.36. The van der Waals surface area contributed by atoms with Gasteiger partial charge in [-0.1, -0.05) is 43.5 Å². The Morgan fingerprint density at radius 2 is 1.70 bits per heavy atom. The summed E-state index contributed by atoms with van der Waals surface area (Å²) in [6.07, 6.45) is 7.70. The summed E-state index contributed by atoms with van der Waals surface area (Å²) in [5.74, 6) is 1.07. The van der Waals surface area contributed by atoms with E-state index in [9.17, 15) is 9.59 Å². The molecule has 0 unspecified atom stereocenters. The van der Waals surface area contributed by atoms with Crippen molar-refractivity contribution in [1.29, 1.82) is 0 Å². The Bertz CT molecular complexity index is 934. The van der Waals surface area contributed by atoms with E-state index < -0.39 is 0 Å². The van der Waals surface area contributed by atoms with Crippen LogP contribution in [0.5, 0.6) is 5.75 Å². The number of halogens is 1. The molecule has 30 heavy (non-hydrogen) atoms. The maximum atomic E-state index is 12.7. The van der Waals surface area contributed by atoms with Crippen molar-refractivity contribution in [2.45, 2.75) is 38.7 Å². The summed E-state index contributed by atoms with van der Waals surface area (Å²) in [6, 6.07) is 15.8. The number of benzene rings is 2. The molecular weight excluding hydrogens is 509 g/mol. The maximum absolute atomic E-state index is 12.7. The first-order valence-corrected chi connectivity index (χ1v) is 12.2. The molecule has 4 rings (SSSR count). The van der Waals surface area contributed by atoms with Crippen LogP contribution < -0.4 is 4.74 Å². The molecule has 2 amide bonds. The first kappa shape index (κ1) is 21.4. The standard InChI is InChI=1S/C24H24INO3S/c25-20-10-6-19(7-11-20)16-29-21-12-8-17(9-13-21)14-22-23(27)26(24(28)30-22)15-18-4-2-1-3-5-18/h6-14,18H,1-5,15-16H2/b22-14+. The number of nitrogens with zero attached hydrogens (tertiary/aromatic N) is 1. The lowest BCUT2D eigenvalue weighted by Crippen LogP contribution is -2.34. The zero-order chi connectivity index (χ0) is 20.9. The van der Waals surface area contributed by atoms with E-state index in [0.29, 0.717) is 24.0 Å². The number of carbonyl (C=O) groups excluding carboxylic acids is 2. The molecule has 2 aromatic rings. The quantitative estimate of drug-likeness (QED) is 0.315. The SMILES string of the molecule is O=C1S/C(=C/c2ccc(OCc3ccc(I)cc3)cc2)C(=O)N1CC1CCCCC1. The molecule has 0 N–H and O–H groups in total. The molecule has 4 nitrogen and oxygen atoms in total. The molecule has 0 spiro atoms. The average molecular weight is 533 g/mol. The van der Waals surface area contributed by atoms with Crippen LogP contribution in [-0.2, 0) is 11.4 Å². The number of amides is 2. The van der Waals surface area contributed by atoms with Crippen molar-refractivity contribution in [2.24, 2.45) is 5.92 Å². The third kappa shape index (κ3) is 5.46. The lowest BCUT2D eigenvalue weighted by molar-refractivity contribution is -0.123. The van der Waals surface area contributed by atoms with Gasteiger partial charge in [0.2, 0.25) is 0 Å². The third-order valence-electron chi connectivity index (χ3n) is 5.54. The largest absolute Gasteiger partial charge is 0.489 e. The monoisotopic (exact) mass is 533 g/mol. The molecule has 1 heterocycles. The number of ether oxygens (including phenoxy) is 1. The molecule has 2 aliphatic rings. The number of thioether (sulfide) groups is 1. The van der Waals surface area contributed by atoms with Gasteiger partial charge < -0.3 is 4.74 Å². The summed E-state index contributed by atoms with van der Waals surface area (Å²) < 4.78 is 7.04. The Morgan fingerprint density at radius 1 is 1.00 bits per heavy atom. The van der Waals surface area contributed by atoms with Gasteiger partial charge in [-0.3, -0.25) is 14.5 Å². The predicted molar refractivity (Wildman–Crippen MR) is 129 cm³/mol. The van der Waals surface area contributed by atoms with Gasteiger partial charge in [-0.05, 0) is 94.6 Å². The lowest BCUT2D eigenvalue weighted by atomic mass is 9.89. The summed E-state index contributed by atoms with van der Waals surface area (Å²) in [6.45, 7) is 1.07. The topological polar surface area (TPSA) is 46.6 Å². The zero-order valence-corrected chi connectivity index (χ0v) is 19.7. The molecule has 1 saturated carbocycles. The number of carbonyl (C=O) groups is 2. The molecule has 0 atom stereocenters. The van der Waals surface area contributed by atoms with Crippen molar-refractivity contribution in [3.63, 3.8) is 0 Å². The van der Waals surface area contributed by atoms with Crippen LogP contribution in [0.25, 0.3) is 6.08 Å². The molecule has 1 aliphatic heterocycles. The highest BCUT2D eigenvalue weighted by Gasteiger charge is 2.36. The highest BCUT2D eigenvalue weighted by molar-refractivity contribution is 14.1. The summed E-state index contributed by atoms with van der Waals surface area (Å²) in [7, 11) is 0. The van der Waals surface area contributed by atoms with E-state index in [0.717, 1.165) is 41.5 Å². The Hall–Kier alpha value is -1.80. The first-order valence-electron chi connectivity index (χ1n) is 10.3. The molecular formula is C24H24INO3S. The van der Waals surface area contributed by atoms with Gasteiger partial charge in [0.25, 0.3) is 11.1 Å². The van der Waals surface area contributed by atoms with Gasteiger partial charge in [-0.2, -0.15) is 0 Å². The summed E-state index contributed by atoms with van der Waals surface area (Å²) in [5, 5.41) is -0.144. The second-order valence-corrected chi connectivity index (χ2v) is 10.0. The van der Waals surface area contributed by atoms with E-state index in [1.807, 2.05) is 24.3 Å². The van der Waals surface area contributed by atoms with Crippen LogP contribution in [0.4, 0.5) is 4.79 Å². The number of hydrogen-bond acceptors (Lipinski definition) is 4. The molecule has 1 saturated heterocycles. The normalized spacial score (nSPS) is 19.0. The van der Waals surface area contributed by atoms with Crippen molar-refractivity contribution in [3.05, 3.63) is 68.1 Å². The van der Waals surface area contributed by atoms with Gasteiger partial charge in [0.15, 0.2) is 0 Å². The number of rotatable bonds is 6. The molecule has 0 bridgehead atoms. The smallest absolute Gasteiger partial charge is 0.293 e. The molecule has 2 aromatic carbocycles. The predicted octanol–water partition coefficient (Wildman–Crippen LogP) is 6.49. The van der Waals surface area contributed by atoms with Crippen LogP contribution in [0, 0.1) is 9.49 Å². The molecule has 156 valence electrons. The van der Waals surface area contributed by atoms with Gasteiger partial charge >= 0.3 is 0 Å². The molecule has 2 fully saturated rings. The van der Waals surface area contributed by atoms with Gasteiger partial charge in [0.1, 0.15) is 12.4 Å². The van der Waals surface area contributed by atoms with Crippen LogP contribution in [0.3, 0.4) is 0 Å². The molecule has 0 radical (unpaired) electrons. The van der Waals surface area contributed by atoms with Crippen molar-refractivity contribution in [2.75, 3.05) is 6.54 Å². The van der Waals surface area contributed by atoms with Crippen molar-refractivity contribution < 1.29 is 14.3 Å². The highest BCUT2D eigenvalue weighted by atomic mass is 127. The minimum Gasteiger partial charge on any atom is -0.489 e. The van der Waals surface area contributed by atoms with Crippen LogP contribution in [-0.4, -0.2) is 22.6 Å². The number of imide groups is 1. The summed E-state index contributed by atoms with van der Waals surface area (Å²) >= 11 is 3.33. The van der Waals surface area contributed by atoms with E-state index in [-0.39, 0.29) is 11.1 Å². The van der Waals surface area contributed by atoms with Crippen molar-refractivity contribution in [3.8, 4) is 5.75 Å². The van der Waals surface area contributed by atoms with Gasteiger partial charge in [-0.25, -0.2) is 0 Å². The highest BCUT2D eigenvalue weighted by Crippen LogP contribution is 2.35. The van der Waals surface area contributed by atoms with Crippen LogP contribution >= 0.6 is 34.4 Å². The zero-order valence-electron chi connectivity index (χ0n) is 16.7. The van der Waals surface area contributed by atoms with Crippen LogP contribution in [0.15, 0.2) is 53.4 Å². The van der Waals surface area contributed by atoms with Gasteiger partial charge in [0, 0.05) is 10.1 Å². The fourth-order valence-electron chi connectivity index (χ4n) is 3.84. The Labute approximate surface area is 195 Å². The van der Waals surface area contributed by atoms with Crippen LogP contribution in [0.1, 0.15) is 43.2 Å². The van der Waals surface area contributed by atoms with Crippen LogP contribution in [0.2, 0.25) is 0 Å². The fraction of sp³-hybridized carbons (Fsp3) is 0.333. The van der Waals surface area contributed by atoms with E-state index in [4.69, 9.17) is 4.74 Å².